The third-order valence-corrected chi connectivity index (χ3v) is 3.46. The van der Waals surface area contributed by atoms with Crippen molar-refractivity contribution in [2.45, 2.75) is 52.1 Å². The SMILES string of the molecule is CC(C)Oc1ccc(CC2CCCCC2=O)cc1. The number of carbonyl (C=O) groups is 1. The maximum absolute atomic E-state index is 11.8. The molecule has 0 amide bonds. The average Bonchev–Trinajstić information content (AvgIpc) is 2.34. The molecule has 1 aliphatic carbocycles. The Morgan fingerprint density at radius 2 is 1.94 bits per heavy atom. The molecule has 0 spiro atoms. The van der Waals surface area contributed by atoms with Gasteiger partial charge in [-0.1, -0.05) is 18.6 Å². The van der Waals surface area contributed by atoms with E-state index in [-0.39, 0.29) is 12.0 Å². The molecule has 1 fully saturated rings. The summed E-state index contributed by atoms with van der Waals surface area (Å²) in [6.45, 7) is 4.04. The van der Waals surface area contributed by atoms with E-state index in [4.69, 9.17) is 4.74 Å². The molecule has 2 heteroatoms. The average molecular weight is 246 g/mol. The standard InChI is InChI=1S/C16H22O2/c1-12(2)18-15-9-7-13(8-10-15)11-14-5-3-4-6-16(14)17/h7-10,12,14H,3-6,11H2,1-2H3. The van der Waals surface area contributed by atoms with Crippen LogP contribution in [-0.4, -0.2) is 11.9 Å². The molecule has 1 aromatic carbocycles. The fourth-order valence-electron chi connectivity index (χ4n) is 2.53. The summed E-state index contributed by atoms with van der Waals surface area (Å²) in [6, 6.07) is 8.17. The van der Waals surface area contributed by atoms with E-state index in [1.165, 1.54) is 12.0 Å². The van der Waals surface area contributed by atoms with Gasteiger partial charge in [0.15, 0.2) is 0 Å². The molecule has 1 saturated carbocycles. The number of hydrogen-bond acceptors (Lipinski definition) is 2. The minimum absolute atomic E-state index is 0.204. The van der Waals surface area contributed by atoms with Crippen molar-refractivity contribution in [1.82, 2.24) is 0 Å². The molecule has 1 aromatic rings. The van der Waals surface area contributed by atoms with Crippen LogP contribution in [0.5, 0.6) is 5.75 Å². The van der Waals surface area contributed by atoms with E-state index in [2.05, 4.69) is 12.1 Å². The van der Waals surface area contributed by atoms with Crippen molar-refractivity contribution in [2.75, 3.05) is 0 Å². The Labute approximate surface area is 109 Å². The molecule has 0 radical (unpaired) electrons. The Bertz CT molecular complexity index is 392. The lowest BCUT2D eigenvalue weighted by Gasteiger charge is -2.20. The molecule has 2 rings (SSSR count). The highest BCUT2D eigenvalue weighted by Gasteiger charge is 2.22. The van der Waals surface area contributed by atoms with Gasteiger partial charge in [-0.25, -0.2) is 0 Å². The van der Waals surface area contributed by atoms with Crippen LogP contribution in [-0.2, 0) is 11.2 Å². The highest BCUT2D eigenvalue weighted by Crippen LogP contribution is 2.25. The first-order chi connectivity index (χ1) is 8.65. The van der Waals surface area contributed by atoms with Crippen molar-refractivity contribution in [1.29, 1.82) is 0 Å². The number of Topliss-reactive ketones (excluding diaryl/α,β-unsaturated/α-hetero) is 1. The predicted octanol–water partition coefficient (Wildman–Crippen LogP) is 3.78. The molecule has 1 unspecified atom stereocenters. The zero-order valence-electron chi connectivity index (χ0n) is 11.3. The zero-order chi connectivity index (χ0) is 13.0. The molecule has 2 nitrogen and oxygen atoms in total. The highest BCUT2D eigenvalue weighted by molar-refractivity contribution is 5.81. The summed E-state index contributed by atoms with van der Waals surface area (Å²) in [4.78, 5) is 11.8. The van der Waals surface area contributed by atoms with Crippen molar-refractivity contribution in [3.63, 3.8) is 0 Å². The van der Waals surface area contributed by atoms with Crippen LogP contribution in [0.3, 0.4) is 0 Å². The molecule has 1 aliphatic rings. The zero-order valence-corrected chi connectivity index (χ0v) is 11.3. The van der Waals surface area contributed by atoms with Crippen LogP contribution in [0.15, 0.2) is 24.3 Å². The monoisotopic (exact) mass is 246 g/mol. The van der Waals surface area contributed by atoms with Gasteiger partial charge in [0.2, 0.25) is 0 Å². The lowest BCUT2D eigenvalue weighted by Crippen LogP contribution is -2.21. The van der Waals surface area contributed by atoms with Gasteiger partial charge in [0.25, 0.3) is 0 Å². The number of carbonyl (C=O) groups excluding carboxylic acids is 1. The van der Waals surface area contributed by atoms with Crippen LogP contribution >= 0.6 is 0 Å². The van der Waals surface area contributed by atoms with Gasteiger partial charge in [0, 0.05) is 12.3 Å². The van der Waals surface area contributed by atoms with Gasteiger partial charge in [0.1, 0.15) is 11.5 Å². The second-order valence-electron chi connectivity index (χ2n) is 5.42. The maximum atomic E-state index is 11.8. The van der Waals surface area contributed by atoms with Crippen LogP contribution in [0.1, 0.15) is 45.1 Å². The summed E-state index contributed by atoms with van der Waals surface area (Å²) in [5.74, 6) is 1.60. The van der Waals surface area contributed by atoms with Gasteiger partial charge >= 0.3 is 0 Å². The highest BCUT2D eigenvalue weighted by atomic mass is 16.5. The van der Waals surface area contributed by atoms with Crippen molar-refractivity contribution in [2.24, 2.45) is 5.92 Å². The van der Waals surface area contributed by atoms with Crippen LogP contribution in [0, 0.1) is 5.92 Å². The summed E-state index contributed by atoms with van der Waals surface area (Å²) in [7, 11) is 0. The van der Waals surface area contributed by atoms with E-state index >= 15 is 0 Å². The summed E-state index contributed by atoms with van der Waals surface area (Å²) >= 11 is 0. The smallest absolute Gasteiger partial charge is 0.136 e. The van der Waals surface area contributed by atoms with E-state index in [0.717, 1.165) is 31.4 Å². The largest absolute Gasteiger partial charge is 0.491 e. The minimum atomic E-state index is 0.204. The van der Waals surface area contributed by atoms with Crippen LogP contribution in [0.25, 0.3) is 0 Å². The summed E-state index contributed by atoms with van der Waals surface area (Å²) in [5.41, 5.74) is 1.24. The first kappa shape index (κ1) is 13.1. The maximum Gasteiger partial charge on any atom is 0.136 e. The number of ketones is 1. The predicted molar refractivity (Wildman–Crippen MR) is 72.9 cm³/mol. The van der Waals surface area contributed by atoms with Crippen LogP contribution < -0.4 is 4.74 Å². The molecule has 0 aliphatic heterocycles. The Kier molecular flexibility index (Phi) is 4.40. The molecule has 98 valence electrons. The lowest BCUT2D eigenvalue weighted by atomic mass is 9.84. The van der Waals surface area contributed by atoms with Crippen molar-refractivity contribution >= 4 is 5.78 Å². The van der Waals surface area contributed by atoms with E-state index in [9.17, 15) is 4.79 Å². The topological polar surface area (TPSA) is 26.3 Å². The number of ether oxygens (including phenoxy) is 1. The summed E-state index contributed by atoms with van der Waals surface area (Å²) in [5, 5.41) is 0. The first-order valence-corrected chi connectivity index (χ1v) is 6.93. The minimum Gasteiger partial charge on any atom is -0.491 e. The summed E-state index contributed by atoms with van der Waals surface area (Å²) in [6.07, 6.45) is 5.21. The Morgan fingerprint density at radius 3 is 2.56 bits per heavy atom. The second kappa shape index (κ2) is 6.03. The molecule has 0 bridgehead atoms. The van der Waals surface area contributed by atoms with Crippen molar-refractivity contribution in [3.05, 3.63) is 29.8 Å². The molecular formula is C16H22O2. The van der Waals surface area contributed by atoms with E-state index in [0.29, 0.717) is 5.78 Å². The van der Waals surface area contributed by atoms with Gasteiger partial charge < -0.3 is 4.74 Å². The molecule has 0 aromatic heterocycles. The van der Waals surface area contributed by atoms with E-state index < -0.39 is 0 Å². The number of benzene rings is 1. The molecular weight excluding hydrogens is 224 g/mol. The summed E-state index contributed by atoms with van der Waals surface area (Å²) < 4.78 is 5.61. The van der Waals surface area contributed by atoms with Gasteiger partial charge in [-0.2, -0.15) is 0 Å². The quantitative estimate of drug-likeness (QED) is 0.808. The Hall–Kier alpha value is -1.31. The van der Waals surface area contributed by atoms with E-state index in [1.54, 1.807) is 0 Å². The lowest BCUT2D eigenvalue weighted by molar-refractivity contribution is -0.124. The molecule has 0 saturated heterocycles. The third kappa shape index (κ3) is 3.59. The van der Waals surface area contributed by atoms with Gasteiger partial charge in [-0.3, -0.25) is 4.79 Å². The number of rotatable bonds is 4. The van der Waals surface area contributed by atoms with Gasteiger partial charge in [-0.15, -0.1) is 0 Å². The fraction of sp³-hybridized carbons (Fsp3) is 0.562. The second-order valence-corrected chi connectivity index (χ2v) is 5.42. The fourth-order valence-corrected chi connectivity index (χ4v) is 2.53. The Balaban J connectivity index is 1.95. The van der Waals surface area contributed by atoms with Gasteiger partial charge in [-0.05, 0) is 50.8 Å². The van der Waals surface area contributed by atoms with E-state index in [1.807, 2.05) is 26.0 Å². The molecule has 0 heterocycles. The Morgan fingerprint density at radius 1 is 1.22 bits per heavy atom. The third-order valence-electron chi connectivity index (χ3n) is 3.46. The van der Waals surface area contributed by atoms with Crippen LogP contribution in [0.2, 0.25) is 0 Å². The molecule has 1 atom stereocenters. The van der Waals surface area contributed by atoms with Crippen molar-refractivity contribution in [3.8, 4) is 5.75 Å². The number of hydrogen-bond donors (Lipinski definition) is 0. The van der Waals surface area contributed by atoms with Crippen LogP contribution in [0.4, 0.5) is 0 Å². The van der Waals surface area contributed by atoms with Crippen molar-refractivity contribution < 1.29 is 9.53 Å². The molecule has 0 N–H and O–H groups in total. The first-order valence-electron chi connectivity index (χ1n) is 6.93. The normalized spacial score (nSPS) is 20.2. The van der Waals surface area contributed by atoms with Gasteiger partial charge in [0.05, 0.1) is 6.10 Å². The molecule has 18 heavy (non-hydrogen) atoms.